The minimum atomic E-state index is -1.64. The molecule has 0 saturated heterocycles. The molecule has 0 aromatic heterocycles. The molecule has 1 N–H and O–H groups in total. The first-order valence-electron chi connectivity index (χ1n) is 5.93. The average Bonchev–Trinajstić information content (AvgIpc) is 2.26. The van der Waals surface area contributed by atoms with Gasteiger partial charge in [-0.05, 0) is 18.8 Å². The third-order valence-electron chi connectivity index (χ3n) is 2.74. The first-order chi connectivity index (χ1) is 7.80. The molecule has 0 radical (unpaired) electrons. The monoisotopic (exact) mass is 308 g/mol. The summed E-state index contributed by atoms with van der Waals surface area (Å²) in [5.41, 5.74) is 0. The van der Waals surface area contributed by atoms with E-state index in [1.54, 1.807) is 13.8 Å². The molecule has 0 fully saturated rings. The quantitative estimate of drug-likeness (QED) is 0.446. The molecule has 5 heteroatoms. The number of aliphatic carboxylic acids is 1. The predicted molar refractivity (Wildman–Crippen MR) is 69.2 cm³/mol. The Morgan fingerprint density at radius 2 is 1.88 bits per heavy atom. The van der Waals surface area contributed by atoms with E-state index in [0.717, 1.165) is 12.8 Å². The Hall–Kier alpha value is -0.580. The van der Waals surface area contributed by atoms with Crippen molar-refractivity contribution in [3.63, 3.8) is 0 Å². The maximum atomic E-state index is 11.9. The molecule has 0 aliphatic heterocycles. The van der Waals surface area contributed by atoms with Crippen molar-refractivity contribution in [1.29, 1.82) is 0 Å². The minimum absolute atomic E-state index is 0.206. The SMILES string of the molecule is CCCC(CC)OC(=O)C(Br)(C(=O)O)C(C)C. The van der Waals surface area contributed by atoms with Gasteiger partial charge >= 0.3 is 11.9 Å². The van der Waals surface area contributed by atoms with Crippen molar-refractivity contribution in [1.82, 2.24) is 0 Å². The lowest BCUT2D eigenvalue weighted by molar-refractivity contribution is -0.161. The number of rotatable bonds is 7. The van der Waals surface area contributed by atoms with Crippen molar-refractivity contribution in [2.24, 2.45) is 5.92 Å². The van der Waals surface area contributed by atoms with E-state index in [9.17, 15) is 9.59 Å². The van der Waals surface area contributed by atoms with E-state index < -0.39 is 16.3 Å². The highest BCUT2D eigenvalue weighted by Gasteiger charge is 2.49. The molecule has 0 rings (SSSR count). The number of ether oxygens (including phenoxy) is 1. The summed E-state index contributed by atoms with van der Waals surface area (Å²) in [5.74, 6) is -2.30. The molecule has 2 atom stereocenters. The van der Waals surface area contributed by atoms with Crippen LogP contribution in [-0.2, 0) is 14.3 Å². The van der Waals surface area contributed by atoms with Crippen molar-refractivity contribution >= 4 is 27.9 Å². The fourth-order valence-corrected chi connectivity index (χ4v) is 1.57. The molecule has 0 saturated carbocycles. The highest BCUT2D eigenvalue weighted by molar-refractivity contribution is 9.10. The Labute approximate surface area is 111 Å². The number of halogens is 1. The topological polar surface area (TPSA) is 63.6 Å². The second-order valence-corrected chi connectivity index (χ2v) is 5.65. The maximum absolute atomic E-state index is 11.9. The number of carbonyl (C=O) groups excluding carboxylic acids is 1. The van der Waals surface area contributed by atoms with Gasteiger partial charge < -0.3 is 9.84 Å². The van der Waals surface area contributed by atoms with Crippen molar-refractivity contribution in [3.05, 3.63) is 0 Å². The summed E-state index contributed by atoms with van der Waals surface area (Å²) in [6.07, 6.45) is 2.14. The average molecular weight is 309 g/mol. The molecule has 0 heterocycles. The van der Waals surface area contributed by atoms with Gasteiger partial charge in [0.15, 0.2) is 0 Å². The smallest absolute Gasteiger partial charge is 0.335 e. The molecule has 100 valence electrons. The second kappa shape index (κ2) is 6.99. The summed E-state index contributed by atoms with van der Waals surface area (Å²) in [5, 5.41) is 9.14. The van der Waals surface area contributed by atoms with Gasteiger partial charge in [0, 0.05) is 0 Å². The van der Waals surface area contributed by atoms with E-state index in [1.807, 2.05) is 13.8 Å². The van der Waals surface area contributed by atoms with Gasteiger partial charge in [-0.2, -0.15) is 0 Å². The summed E-state index contributed by atoms with van der Waals surface area (Å²) in [6, 6.07) is 0. The molecule has 2 unspecified atom stereocenters. The number of hydrogen-bond donors (Lipinski definition) is 1. The number of alkyl halides is 1. The fraction of sp³-hybridized carbons (Fsp3) is 0.833. The number of carboxylic acid groups (broad SMARTS) is 1. The van der Waals surface area contributed by atoms with E-state index in [2.05, 4.69) is 15.9 Å². The number of esters is 1. The molecule has 0 aromatic carbocycles. The summed E-state index contributed by atoms with van der Waals surface area (Å²) in [6.45, 7) is 7.26. The Bertz CT molecular complexity index is 278. The molecule has 0 aromatic rings. The van der Waals surface area contributed by atoms with Gasteiger partial charge in [-0.3, -0.25) is 4.79 Å². The lowest BCUT2D eigenvalue weighted by Crippen LogP contribution is -2.47. The van der Waals surface area contributed by atoms with Crippen LogP contribution in [0.5, 0.6) is 0 Å². The third kappa shape index (κ3) is 3.98. The zero-order chi connectivity index (χ0) is 13.6. The number of carbonyl (C=O) groups is 2. The Balaban J connectivity index is 4.81. The molecule has 0 bridgehead atoms. The van der Waals surface area contributed by atoms with Crippen molar-refractivity contribution in [2.45, 2.75) is 57.4 Å². The molecule has 0 spiro atoms. The molecular formula is C12H21BrO4. The number of hydrogen-bond acceptors (Lipinski definition) is 3. The van der Waals surface area contributed by atoms with Gasteiger partial charge in [0.1, 0.15) is 6.10 Å². The molecular weight excluding hydrogens is 288 g/mol. The fourth-order valence-electron chi connectivity index (χ4n) is 1.48. The minimum Gasteiger partial charge on any atom is -0.480 e. The van der Waals surface area contributed by atoms with Crippen LogP contribution in [0.4, 0.5) is 0 Å². The maximum Gasteiger partial charge on any atom is 0.335 e. The van der Waals surface area contributed by atoms with Gasteiger partial charge in [-0.15, -0.1) is 0 Å². The Kier molecular flexibility index (Phi) is 6.75. The largest absolute Gasteiger partial charge is 0.480 e. The first-order valence-corrected chi connectivity index (χ1v) is 6.73. The molecule has 0 aliphatic rings. The normalized spacial score (nSPS) is 16.4. The highest BCUT2D eigenvalue weighted by atomic mass is 79.9. The zero-order valence-corrected chi connectivity index (χ0v) is 12.4. The van der Waals surface area contributed by atoms with Crippen molar-refractivity contribution in [2.75, 3.05) is 0 Å². The Morgan fingerprint density at radius 1 is 1.35 bits per heavy atom. The van der Waals surface area contributed by atoms with Gasteiger partial charge in [0.25, 0.3) is 0 Å². The van der Waals surface area contributed by atoms with Crippen molar-refractivity contribution < 1.29 is 19.4 Å². The first kappa shape index (κ1) is 16.4. The number of carboxylic acids is 1. The van der Waals surface area contributed by atoms with Crippen molar-refractivity contribution in [3.8, 4) is 0 Å². The van der Waals surface area contributed by atoms with Crippen LogP contribution in [0, 0.1) is 5.92 Å². The van der Waals surface area contributed by atoms with E-state index in [1.165, 1.54) is 0 Å². The summed E-state index contributed by atoms with van der Waals surface area (Å²) in [4.78, 5) is 23.1. The molecule has 4 nitrogen and oxygen atoms in total. The summed E-state index contributed by atoms with van der Waals surface area (Å²) in [7, 11) is 0. The van der Waals surface area contributed by atoms with E-state index in [-0.39, 0.29) is 12.0 Å². The van der Waals surface area contributed by atoms with Crippen LogP contribution in [0.3, 0.4) is 0 Å². The van der Waals surface area contributed by atoms with E-state index in [0.29, 0.717) is 6.42 Å². The van der Waals surface area contributed by atoms with Crippen LogP contribution in [0.15, 0.2) is 0 Å². The van der Waals surface area contributed by atoms with E-state index >= 15 is 0 Å². The third-order valence-corrected chi connectivity index (χ3v) is 4.32. The second-order valence-electron chi connectivity index (χ2n) is 4.40. The summed E-state index contributed by atoms with van der Waals surface area (Å²) >= 11 is 3.01. The Morgan fingerprint density at radius 3 is 2.18 bits per heavy atom. The lowest BCUT2D eigenvalue weighted by Gasteiger charge is -2.27. The van der Waals surface area contributed by atoms with Gasteiger partial charge in [0.2, 0.25) is 4.32 Å². The van der Waals surface area contributed by atoms with Crippen LogP contribution in [0.25, 0.3) is 0 Å². The van der Waals surface area contributed by atoms with Crippen LogP contribution >= 0.6 is 15.9 Å². The van der Waals surface area contributed by atoms with Crippen LogP contribution in [0.1, 0.15) is 47.0 Å². The van der Waals surface area contributed by atoms with E-state index in [4.69, 9.17) is 9.84 Å². The summed E-state index contributed by atoms with van der Waals surface area (Å²) < 4.78 is 3.62. The molecule has 0 aliphatic carbocycles. The van der Waals surface area contributed by atoms with Crippen LogP contribution < -0.4 is 0 Å². The van der Waals surface area contributed by atoms with Crippen LogP contribution in [0.2, 0.25) is 0 Å². The van der Waals surface area contributed by atoms with Gasteiger partial charge in [-0.25, -0.2) is 4.79 Å². The standard InChI is InChI=1S/C12H21BrO4/c1-5-7-9(6-2)17-11(16)12(13,8(3)4)10(14)15/h8-9H,5-7H2,1-4H3,(H,14,15). The van der Waals surface area contributed by atoms with Crippen LogP contribution in [-0.4, -0.2) is 27.5 Å². The lowest BCUT2D eigenvalue weighted by atomic mass is 9.95. The van der Waals surface area contributed by atoms with Gasteiger partial charge in [-0.1, -0.05) is 50.0 Å². The highest BCUT2D eigenvalue weighted by Crippen LogP contribution is 2.30. The zero-order valence-electron chi connectivity index (χ0n) is 10.8. The predicted octanol–water partition coefficient (Wildman–Crippen LogP) is 2.98. The molecule has 0 amide bonds. The van der Waals surface area contributed by atoms with Gasteiger partial charge in [0.05, 0.1) is 0 Å². The molecule has 17 heavy (non-hydrogen) atoms.